The minimum absolute atomic E-state index is 0.0739. The smallest absolute Gasteiger partial charge is 0.341 e. The molecule has 5 heteroatoms. The molecule has 2 amide bonds. The van der Waals surface area contributed by atoms with E-state index in [9.17, 15) is 9.59 Å². The first-order chi connectivity index (χ1) is 11.6. The Bertz CT molecular complexity index is 769. The molecule has 2 aromatic rings. The molecule has 0 radical (unpaired) electrons. The second kappa shape index (κ2) is 6.84. The Kier molecular flexibility index (Phi) is 4.62. The molecule has 24 heavy (non-hydrogen) atoms. The molecule has 124 valence electrons. The molecule has 0 aromatic heterocycles. The first-order valence-corrected chi connectivity index (χ1v) is 8.13. The number of nitrogens with zero attached hydrogens (tertiary/aromatic N) is 1. The molecule has 0 aliphatic carbocycles. The van der Waals surface area contributed by atoms with Gasteiger partial charge in [0.2, 0.25) is 0 Å². The van der Waals surface area contributed by atoms with Gasteiger partial charge in [0.15, 0.2) is 0 Å². The van der Waals surface area contributed by atoms with Crippen molar-refractivity contribution in [2.45, 2.75) is 19.4 Å². The SMILES string of the molecule is CNC(=O)c1ccc(CN2CCCc3cc(C([NH3+])=O)ccc32)cc1. The van der Waals surface area contributed by atoms with Crippen LogP contribution >= 0.6 is 0 Å². The molecule has 4 N–H and O–H groups in total. The fourth-order valence-electron chi connectivity index (χ4n) is 3.14. The number of nitrogens with one attached hydrogen (secondary N) is 1. The summed E-state index contributed by atoms with van der Waals surface area (Å²) in [6, 6.07) is 13.5. The lowest BCUT2D eigenvalue weighted by atomic mass is 9.98. The van der Waals surface area contributed by atoms with Gasteiger partial charge < -0.3 is 10.2 Å². The van der Waals surface area contributed by atoms with Crippen molar-refractivity contribution in [2.75, 3.05) is 18.5 Å². The van der Waals surface area contributed by atoms with Gasteiger partial charge in [-0.15, -0.1) is 0 Å². The predicted molar refractivity (Wildman–Crippen MR) is 92.9 cm³/mol. The molecule has 1 aliphatic heterocycles. The Labute approximate surface area is 141 Å². The molecular formula is C19H22N3O2+. The van der Waals surface area contributed by atoms with Gasteiger partial charge in [-0.05, 0) is 54.3 Å². The van der Waals surface area contributed by atoms with E-state index in [1.54, 1.807) is 7.05 Å². The zero-order chi connectivity index (χ0) is 17.1. The van der Waals surface area contributed by atoms with E-state index in [0.717, 1.165) is 31.5 Å². The summed E-state index contributed by atoms with van der Waals surface area (Å²) < 4.78 is 0. The van der Waals surface area contributed by atoms with Gasteiger partial charge >= 0.3 is 5.91 Å². The molecule has 0 bridgehead atoms. The summed E-state index contributed by atoms with van der Waals surface area (Å²) in [4.78, 5) is 25.4. The molecule has 0 fully saturated rings. The van der Waals surface area contributed by atoms with E-state index in [0.29, 0.717) is 11.1 Å². The molecule has 0 saturated carbocycles. The van der Waals surface area contributed by atoms with Crippen LogP contribution in [-0.4, -0.2) is 25.4 Å². The van der Waals surface area contributed by atoms with Crippen molar-refractivity contribution in [1.82, 2.24) is 5.32 Å². The van der Waals surface area contributed by atoms with Crippen molar-refractivity contribution >= 4 is 17.5 Å². The zero-order valence-corrected chi connectivity index (χ0v) is 13.8. The summed E-state index contributed by atoms with van der Waals surface area (Å²) in [5, 5.41) is 2.63. The normalized spacial score (nSPS) is 13.3. The number of hydrogen-bond donors (Lipinski definition) is 2. The number of rotatable bonds is 4. The Morgan fingerprint density at radius 2 is 1.83 bits per heavy atom. The highest BCUT2D eigenvalue weighted by atomic mass is 16.1. The lowest BCUT2D eigenvalue weighted by molar-refractivity contribution is -0.255. The molecule has 3 rings (SSSR count). The molecule has 0 atom stereocenters. The van der Waals surface area contributed by atoms with Crippen LogP contribution in [0.25, 0.3) is 0 Å². The summed E-state index contributed by atoms with van der Waals surface area (Å²) in [5.74, 6) is -0.213. The van der Waals surface area contributed by atoms with Crippen LogP contribution in [0, 0.1) is 0 Å². The number of aryl methyl sites for hydroxylation is 1. The van der Waals surface area contributed by atoms with Crippen molar-refractivity contribution in [3.63, 3.8) is 0 Å². The number of fused-ring (bicyclic) bond motifs is 1. The second-order valence-corrected chi connectivity index (χ2v) is 6.07. The predicted octanol–water partition coefficient (Wildman–Crippen LogP) is 1.38. The fraction of sp³-hybridized carbons (Fsp3) is 0.263. The number of anilines is 1. The van der Waals surface area contributed by atoms with Crippen LogP contribution in [0.15, 0.2) is 42.5 Å². The highest BCUT2D eigenvalue weighted by Gasteiger charge is 2.19. The van der Waals surface area contributed by atoms with Crippen molar-refractivity contribution < 1.29 is 15.3 Å². The number of quaternary nitrogens is 1. The van der Waals surface area contributed by atoms with Crippen molar-refractivity contribution in [1.29, 1.82) is 0 Å². The fourth-order valence-corrected chi connectivity index (χ4v) is 3.14. The number of hydrogen-bond acceptors (Lipinski definition) is 3. The maximum atomic E-state index is 11.6. The van der Waals surface area contributed by atoms with Crippen LogP contribution in [0.4, 0.5) is 5.69 Å². The first-order valence-electron chi connectivity index (χ1n) is 8.13. The van der Waals surface area contributed by atoms with Crippen LogP contribution < -0.4 is 16.0 Å². The van der Waals surface area contributed by atoms with E-state index < -0.39 is 0 Å². The molecule has 1 aliphatic rings. The van der Waals surface area contributed by atoms with Gasteiger partial charge in [-0.1, -0.05) is 12.1 Å². The van der Waals surface area contributed by atoms with E-state index in [4.69, 9.17) is 0 Å². The number of carbonyl (C=O) groups is 2. The highest BCUT2D eigenvalue weighted by molar-refractivity contribution is 5.94. The maximum absolute atomic E-state index is 11.6. The van der Waals surface area contributed by atoms with Gasteiger partial charge in [0.25, 0.3) is 5.91 Å². The molecule has 0 saturated heterocycles. The van der Waals surface area contributed by atoms with Crippen LogP contribution in [-0.2, 0) is 13.0 Å². The minimum Gasteiger partial charge on any atom is -0.367 e. The lowest BCUT2D eigenvalue weighted by Gasteiger charge is -2.31. The largest absolute Gasteiger partial charge is 0.367 e. The van der Waals surface area contributed by atoms with Gasteiger partial charge in [-0.25, -0.2) is 4.79 Å². The van der Waals surface area contributed by atoms with Crippen molar-refractivity contribution in [3.8, 4) is 0 Å². The van der Waals surface area contributed by atoms with E-state index in [2.05, 4.69) is 16.0 Å². The summed E-state index contributed by atoms with van der Waals surface area (Å²) in [6.45, 7) is 1.78. The van der Waals surface area contributed by atoms with E-state index >= 15 is 0 Å². The van der Waals surface area contributed by atoms with Crippen LogP contribution in [0.2, 0.25) is 0 Å². The van der Waals surface area contributed by atoms with Crippen molar-refractivity contribution in [3.05, 3.63) is 64.7 Å². The van der Waals surface area contributed by atoms with Gasteiger partial charge in [-0.2, -0.15) is 0 Å². The highest BCUT2D eigenvalue weighted by Crippen LogP contribution is 2.29. The first kappa shape index (κ1) is 16.2. The third-order valence-electron chi connectivity index (χ3n) is 4.43. The Hall–Kier alpha value is -2.66. The van der Waals surface area contributed by atoms with Gasteiger partial charge in [0.05, 0.1) is 5.56 Å². The topological polar surface area (TPSA) is 77.1 Å². The van der Waals surface area contributed by atoms with Gasteiger partial charge in [0.1, 0.15) is 0 Å². The Balaban J connectivity index is 1.80. The number of benzene rings is 2. The second-order valence-electron chi connectivity index (χ2n) is 6.07. The van der Waals surface area contributed by atoms with E-state index in [-0.39, 0.29) is 11.8 Å². The number of carbonyl (C=O) groups excluding carboxylic acids is 2. The summed E-state index contributed by atoms with van der Waals surface area (Å²) in [7, 11) is 1.63. The summed E-state index contributed by atoms with van der Waals surface area (Å²) in [5.41, 5.74) is 8.37. The van der Waals surface area contributed by atoms with Crippen LogP contribution in [0.5, 0.6) is 0 Å². The maximum Gasteiger partial charge on any atom is 0.341 e. The molecular weight excluding hydrogens is 302 g/mol. The zero-order valence-electron chi connectivity index (χ0n) is 13.8. The van der Waals surface area contributed by atoms with Gasteiger partial charge in [-0.3, -0.25) is 10.5 Å². The molecule has 0 spiro atoms. The quantitative estimate of drug-likeness (QED) is 0.892. The van der Waals surface area contributed by atoms with E-state index in [1.807, 2.05) is 42.5 Å². The number of amides is 2. The third-order valence-corrected chi connectivity index (χ3v) is 4.43. The lowest BCUT2D eigenvalue weighted by Crippen LogP contribution is -2.56. The molecule has 1 heterocycles. The average molecular weight is 324 g/mol. The molecule has 0 unspecified atom stereocenters. The minimum atomic E-state index is -0.139. The molecule has 5 nitrogen and oxygen atoms in total. The van der Waals surface area contributed by atoms with E-state index in [1.165, 1.54) is 11.3 Å². The van der Waals surface area contributed by atoms with Gasteiger partial charge in [0, 0.05) is 31.4 Å². The monoisotopic (exact) mass is 324 g/mol. The van der Waals surface area contributed by atoms with Crippen LogP contribution in [0.3, 0.4) is 0 Å². The van der Waals surface area contributed by atoms with Crippen molar-refractivity contribution in [2.24, 2.45) is 0 Å². The Morgan fingerprint density at radius 1 is 1.12 bits per heavy atom. The average Bonchev–Trinajstić information content (AvgIpc) is 2.61. The summed E-state index contributed by atoms with van der Waals surface area (Å²) >= 11 is 0. The standard InChI is InChI=1S/C19H21N3O2/c1-21-19(24)14-6-4-13(5-7-14)12-22-10-2-3-15-11-16(18(20)23)8-9-17(15)22/h4-9,11H,2-3,10,12H2,1H3,(H2,20,23)(H,21,24)/p+1. The van der Waals surface area contributed by atoms with Crippen LogP contribution in [0.1, 0.15) is 38.3 Å². The summed E-state index contributed by atoms with van der Waals surface area (Å²) in [6.07, 6.45) is 2.06. The Morgan fingerprint density at radius 3 is 2.50 bits per heavy atom. The molecule has 2 aromatic carbocycles. The third kappa shape index (κ3) is 3.31.